The summed E-state index contributed by atoms with van der Waals surface area (Å²) < 4.78 is 17.6. The maximum Gasteiger partial charge on any atom is 0.492 e. The highest BCUT2D eigenvalue weighted by molar-refractivity contribution is 6.56. The summed E-state index contributed by atoms with van der Waals surface area (Å²) in [5.74, 6) is 0. The van der Waals surface area contributed by atoms with Gasteiger partial charge in [-0.1, -0.05) is 23.8 Å². The van der Waals surface area contributed by atoms with Crippen molar-refractivity contribution in [2.75, 3.05) is 6.54 Å². The number of carbonyl (C=O) groups is 2. The molecule has 0 aromatic heterocycles. The first-order chi connectivity index (χ1) is 13.2. The Kier molecular flexibility index (Phi) is 6.65. The molecule has 0 aliphatic carbocycles. The third-order valence-corrected chi connectivity index (χ3v) is 5.10. The Hall–Kier alpha value is -2.12. The molecule has 158 valence electrons. The third kappa shape index (κ3) is 5.93. The number of rotatable bonds is 5. The van der Waals surface area contributed by atoms with Crippen molar-refractivity contribution in [2.45, 2.75) is 72.2 Å². The minimum absolute atomic E-state index is 0.165. The smallest absolute Gasteiger partial charge is 0.444 e. The Morgan fingerprint density at radius 1 is 1.14 bits per heavy atom. The Labute approximate surface area is 174 Å². The second-order valence-electron chi connectivity index (χ2n) is 9.41. The second kappa shape index (κ2) is 8.32. The van der Waals surface area contributed by atoms with E-state index in [1.54, 1.807) is 20.8 Å². The van der Waals surface area contributed by atoms with Crippen LogP contribution >= 0.6 is 0 Å². The first-order valence-corrected chi connectivity index (χ1v) is 9.83. The zero-order valence-corrected chi connectivity index (χ0v) is 18.7. The number of amides is 1. The predicted octanol–water partition coefficient (Wildman–Crippen LogP) is 4.35. The van der Waals surface area contributed by atoms with Gasteiger partial charge in [0, 0.05) is 12.1 Å². The van der Waals surface area contributed by atoms with Gasteiger partial charge in [0.25, 0.3) is 0 Å². The molecule has 7 heteroatoms. The molecule has 0 unspecified atom stereocenters. The van der Waals surface area contributed by atoms with Gasteiger partial charge in [0.2, 0.25) is 0 Å². The van der Waals surface area contributed by atoms with Crippen LogP contribution in [0.25, 0.3) is 6.08 Å². The van der Waals surface area contributed by atoms with Gasteiger partial charge in [-0.3, -0.25) is 4.79 Å². The van der Waals surface area contributed by atoms with E-state index in [9.17, 15) is 9.59 Å². The van der Waals surface area contributed by atoms with Gasteiger partial charge in [-0.15, -0.1) is 0 Å². The summed E-state index contributed by atoms with van der Waals surface area (Å²) in [6, 6.07) is 5.63. The molecule has 1 heterocycles. The van der Waals surface area contributed by atoms with Crippen LogP contribution in [-0.4, -0.2) is 42.8 Å². The molecule has 2 rings (SSSR count). The molecule has 1 aliphatic heterocycles. The molecule has 0 saturated carbocycles. The number of benzene rings is 1. The highest BCUT2D eigenvalue weighted by atomic mass is 16.7. The van der Waals surface area contributed by atoms with Crippen LogP contribution in [0.2, 0.25) is 0 Å². The van der Waals surface area contributed by atoms with Crippen LogP contribution in [0.15, 0.2) is 23.7 Å². The summed E-state index contributed by atoms with van der Waals surface area (Å²) in [6.45, 7) is 15.4. The van der Waals surface area contributed by atoms with Gasteiger partial charge in [-0.25, -0.2) is 4.79 Å². The summed E-state index contributed by atoms with van der Waals surface area (Å²) in [4.78, 5) is 23.7. The quantitative estimate of drug-likeness (QED) is 0.587. The van der Waals surface area contributed by atoms with Crippen molar-refractivity contribution in [3.63, 3.8) is 0 Å². The lowest BCUT2D eigenvalue weighted by molar-refractivity contribution is 0.00578. The molecule has 1 N–H and O–H groups in total. The van der Waals surface area contributed by atoms with E-state index >= 15 is 0 Å². The summed E-state index contributed by atoms with van der Waals surface area (Å²) in [5, 5.41) is 2.76. The van der Waals surface area contributed by atoms with Gasteiger partial charge in [0.05, 0.1) is 11.2 Å². The monoisotopic (exact) mass is 401 g/mol. The first kappa shape index (κ1) is 23.2. The minimum atomic E-state index is -0.657. The van der Waals surface area contributed by atoms with Gasteiger partial charge < -0.3 is 19.4 Å². The number of aryl methyl sites for hydroxylation is 1. The SMILES string of the molecule is Cc1ccc(C=C(CNC(=O)OC(C)(C)C)B2OC(C)(C)C(C)(C)O2)c(C=O)c1. The molecule has 1 amide bonds. The average Bonchev–Trinajstić information content (AvgIpc) is 2.78. The lowest BCUT2D eigenvalue weighted by Gasteiger charge is -2.32. The highest BCUT2D eigenvalue weighted by Crippen LogP contribution is 2.38. The standard InChI is InChI=1S/C22H32BNO5/c1-15-9-10-16(17(11-15)14-25)12-18(13-24-19(26)27-20(2,3)4)23-28-21(5,6)22(7,8)29-23/h9-12,14H,13H2,1-8H3,(H,24,26). The van der Waals surface area contributed by atoms with E-state index in [-0.39, 0.29) is 6.54 Å². The number of aldehydes is 1. The zero-order valence-electron chi connectivity index (χ0n) is 18.7. The molecule has 1 saturated heterocycles. The zero-order chi connectivity index (χ0) is 22.0. The number of ether oxygens (including phenoxy) is 1. The van der Waals surface area contributed by atoms with Crippen LogP contribution in [-0.2, 0) is 14.0 Å². The number of carbonyl (C=O) groups excluding carboxylic acids is 2. The largest absolute Gasteiger partial charge is 0.492 e. The van der Waals surface area contributed by atoms with Crippen LogP contribution in [0, 0.1) is 6.92 Å². The highest BCUT2D eigenvalue weighted by Gasteiger charge is 2.52. The maximum atomic E-state index is 12.2. The van der Waals surface area contributed by atoms with E-state index in [0.29, 0.717) is 11.0 Å². The molecule has 0 spiro atoms. The van der Waals surface area contributed by atoms with Crippen molar-refractivity contribution in [3.05, 3.63) is 40.4 Å². The van der Waals surface area contributed by atoms with Crippen molar-refractivity contribution in [1.82, 2.24) is 5.32 Å². The molecule has 1 fully saturated rings. The number of hydrogen-bond acceptors (Lipinski definition) is 5. The average molecular weight is 401 g/mol. The maximum absolute atomic E-state index is 12.2. The molecule has 29 heavy (non-hydrogen) atoms. The fraction of sp³-hybridized carbons (Fsp3) is 0.545. The fourth-order valence-electron chi connectivity index (χ4n) is 2.81. The number of alkyl carbamates (subject to hydrolysis) is 1. The minimum Gasteiger partial charge on any atom is -0.444 e. The van der Waals surface area contributed by atoms with Crippen molar-refractivity contribution in [1.29, 1.82) is 0 Å². The van der Waals surface area contributed by atoms with E-state index in [4.69, 9.17) is 14.0 Å². The van der Waals surface area contributed by atoms with Gasteiger partial charge in [0.15, 0.2) is 6.29 Å². The molecule has 1 aromatic rings. The van der Waals surface area contributed by atoms with Gasteiger partial charge in [-0.05, 0) is 72.5 Å². The lowest BCUT2D eigenvalue weighted by atomic mass is 9.76. The van der Waals surface area contributed by atoms with Crippen molar-refractivity contribution < 1.29 is 23.6 Å². The Balaban J connectivity index is 2.34. The predicted molar refractivity (Wildman–Crippen MR) is 115 cm³/mol. The first-order valence-electron chi connectivity index (χ1n) is 9.83. The molecule has 0 radical (unpaired) electrons. The molecular weight excluding hydrogens is 369 g/mol. The van der Waals surface area contributed by atoms with Crippen LogP contribution in [0.1, 0.15) is 70.0 Å². The molecule has 6 nitrogen and oxygen atoms in total. The van der Waals surface area contributed by atoms with Crippen LogP contribution in [0.5, 0.6) is 0 Å². The Morgan fingerprint density at radius 3 is 2.24 bits per heavy atom. The fourth-order valence-corrected chi connectivity index (χ4v) is 2.81. The topological polar surface area (TPSA) is 73.9 Å². The molecule has 0 atom stereocenters. The summed E-state index contributed by atoms with van der Waals surface area (Å²) >= 11 is 0. The normalized spacial score (nSPS) is 18.5. The number of hydrogen-bond donors (Lipinski definition) is 1. The number of nitrogens with one attached hydrogen (secondary N) is 1. The molecule has 0 bridgehead atoms. The van der Waals surface area contributed by atoms with Gasteiger partial charge >= 0.3 is 13.2 Å². The third-order valence-electron chi connectivity index (χ3n) is 5.10. The lowest BCUT2D eigenvalue weighted by Crippen LogP contribution is -2.41. The van der Waals surface area contributed by atoms with Crippen LogP contribution < -0.4 is 5.32 Å². The van der Waals surface area contributed by atoms with E-state index in [2.05, 4.69) is 5.32 Å². The Morgan fingerprint density at radius 2 is 1.72 bits per heavy atom. The van der Waals surface area contributed by atoms with Crippen LogP contribution in [0.4, 0.5) is 4.79 Å². The van der Waals surface area contributed by atoms with Crippen molar-refractivity contribution >= 4 is 25.6 Å². The summed E-state index contributed by atoms with van der Waals surface area (Å²) in [7, 11) is -0.657. The second-order valence-corrected chi connectivity index (χ2v) is 9.41. The summed E-state index contributed by atoms with van der Waals surface area (Å²) in [6.07, 6.45) is 2.13. The van der Waals surface area contributed by atoms with Crippen LogP contribution in [0.3, 0.4) is 0 Å². The van der Waals surface area contributed by atoms with E-state index in [0.717, 1.165) is 17.4 Å². The van der Waals surface area contributed by atoms with Gasteiger partial charge in [0.1, 0.15) is 5.60 Å². The molecular formula is C22H32BNO5. The van der Waals surface area contributed by atoms with Gasteiger partial charge in [-0.2, -0.15) is 0 Å². The molecule has 1 aliphatic rings. The van der Waals surface area contributed by atoms with Crippen molar-refractivity contribution in [2.24, 2.45) is 0 Å². The Bertz CT molecular complexity index is 792. The van der Waals surface area contributed by atoms with Crippen molar-refractivity contribution in [3.8, 4) is 0 Å². The van der Waals surface area contributed by atoms with E-state index < -0.39 is 30.0 Å². The summed E-state index contributed by atoms with van der Waals surface area (Å²) in [5.41, 5.74) is 1.35. The van der Waals surface area contributed by atoms with E-state index in [1.165, 1.54) is 0 Å². The van der Waals surface area contributed by atoms with E-state index in [1.807, 2.05) is 58.9 Å². The molecule has 1 aromatic carbocycles.